The molecular weight excluding hydrogens is 389 g/mol. The van der Waals surface area contributed by atoms with Gasteiger partial charge in [-0.2, -0.15) is 0 Å². The predicted molar refractivity (Wildman–Crippen MR) is 110 cm³/mol. The molecule has 152 valence electrons. The maximum Gasteiger partial charge on any atom is 0.319 e. The average molecular weight is 418 g/mol. The summed E-state index contributed by atoms with van der Waals surface area (Å²) in [5.74, 6) is -1.34. The van der Waals surface area contributed by atoms with E-state index in [-0.39, 0.29) is 28.5 Å². The van der Waals surface area contributed by atoms with Crippen LogP contribution in [-0.4, -0.2) is 23.7 Å². The number of nitrogens with one attached hydrogen (secondary N) is 1. The first-order chi connectivity index (χ1) is 12.8. The SMILES string of the molecule is CCCOC(=O)C(CCC)Sc1cc(NC(=O)C(C)CCC)c(F)cc1Cl. The van der Waals surface area contributed by atoms with Crippen molar-refractivity contribution in [2.24, 2.45) is 5.92 Å². The highest BCUT2D eigenvalue weighted by Crippen LogP contribution is 2.36. The van der Waals surface area contributed by atoms with Crippen molar-refractivity contribution in [3.63, 3.8) is 0 Å². The van der Waals surface area contributed by atoms with Crippen LogP contribution in [0.1, 0.15) is 59.8 Å². The van der Waals surface area contributed by atoms with E-state index in [2.05, 4.69) is 5.32 Å². The molecule has 4 nitrogen and oxygen atoms in total. The van der Waals surface area contributed by atoms with E-state index in [1.54, 1.807) is 0 Å². The van der Waals surface area contributed by atoms with Gasteiger partial charge in [-0.3, -0.25) is 9.59 Å². The summed E-state index contributed by atoms with van der Waals surface area (Å²) in [6.45, 7) is 8.08. The number of ether oxygens (including phenoxy) is 1. The van der Waals surface area contributed by atoms with Crippen LogP contribution >= 0.6 is 23.4 Å². The van der Waals surface area contributed by atoms with Crippen molar-refractivity contribution in [3.8, 4) is 0 Å². The second-order valence-electron chi connectivity index (χ2n) is 6.50. The normalized spacial score (nSPS) is 13.1. The van der Waals surface area contributed by atoms with Crippen LogP contribution in [0.4, 0.5) is 10.1 Å². The van der Waals surface area contributed by atoms with Gasteiger partial charge >= 0.3 is 5.97 Å². The van der Waals surface area contributed by atoms with E-state index >= 15 is 0 Å². The number of carbonyl (C=O) groups is 2. The Morgan fingerprint density at radius 2 is 1.85 bits per heavy atom. The first-order valence-corrected chi connectivity index (χ1v) is 10.7. The molecule has 1 amide bonds. The van der Waals surface area contributed by atoms with Crippen LogP contribution < -0.4 is 5.32 Å². The Labute approximate surface area is 170 Å². The van der Waals surface area contributed by atoms with Crippen LogP contribution in [0.2, 0.25) is 5.02 Å². The summed E-state index contributed by atoms with van der Waals surface area (Å²) < 4.78 is 19.5. The molecule has 27 heavy (non-hydrogen) atoms. The van der Waals surface area contributed by atoms with E-state index in [9.17, 15) is 14.0 Å². The van der Waals surface area contributed by atoms with Gasteiger partial charge in [-0.15, -0.1) is 11.8 Å². The Hall–Kier alpha value is -1.27. The van der Waals surface area contributed by atoms with Crippen molar-refractivity contribution < 1.29 is 18.7 Å². The summed E-state index contributed by atoms with van der Waals surface area (Å²) in [5, 5.41) is 2.41. The van der Waals surface area contributed by atoms with Crippen molar-refractivity contribution in [2.75, 3.05) is 11.9 Å². The minimum atomic E-state index is -0.595. The lowest BCUT2D eigenvalue weighted by Gasteiger charge is -2.17. The highest BCUT2D eigenvalue weighted by molar-refractivity contribution is 8.00. The third kappa shape index (κ3) is 7.70. The number of carbonyl (C=O) groups excluding carboxylic acids is 2. The van der Waals surface area contributed by atoms with Crippen LogP contribution in [0, 0.1) is 11.7 Å². The molecular formula is C20H29ClFNO3S. The van der Waals surface area contributed by atoms with Gasteiger partial charge in [0.2, 0.25) is 5.91 Å². The number of rotatable bonds is 11. The molecule has 2 atom stereocenters. The average Bonchev–Trinajstić information content (AvgIpc) is 2.63. The second kappa shape index (κ2) is 12.2. The number of amides is 1. The van der Waals surface area contributed by atoms with Crippen molar-refractivity contribution in [2.45, 2.75) is 69.9 Å². The van der Waals surface area contributed by atoms with E-state index in [1.807, 2.05) is 27.7 Å². The van der Waals surface area contributed by atoms with Gasteiger partial charge in [-0.25, -0.2) is 4.39 Å². The molecule has 2 unspecified atom stereocenters. The predicted octanol–water partition coefficient (Wildman–Crippen LogP) is 6.07. The zero-order chi connectivity index (χ0) is 20.4. The standard InChI is InChI=1S/C20H29ClFNO3S/c1-5-8-13(4)19(24)23-16-12-18(14(21)11-15(16)22)27-17(9-6-2)20(25)26-10-7-3/h11-13,17H,5-10H2,1-4H3,(H,23,24). The molecule has 0 saturated carbocycles. The van der Waals surface area contributed by atoms with Gasteiger partial charge in [0.15, 0.2) is 0 Å². The minimum Gasteiger partial charge on any atom is -0.465 e. The molecule has 0 radical (unpaired) electrons. The number of thioether (sulfide) groups is 1. The molecule has 0 aliphatic heterocycles. The fourth-order valence-corrected chi connectivity index (χ4v) is 3.94. The maximum absolute atomic E-state index is 14.3. The molecule has 0 heterocycles. The molecule has 0 fully saturated rings. The first kappa shape index (κ1) is 23.8. The molecule has 0 bridgehead atoms. The highest BCUT2D eigenvalue weighted by atomic mass is 35.5. The monoisotopic (exact) mass is 417 g/mol. The molecule has 0 aliphatic carbocycles. The number of hydrogen-bond acceptors (Lipinski definition) is 4. The first-order valence-electron chi connectivity index (χ1n) is 9.47. The number of halogens is 2. The quantitative estimate of drug-likeness (QED) is 0.350. The topological polar surface area (TPSA) is 55.4 Å². The highest BCUT2D eigenvalue weighted by Gasteiger charge is 2.23. The molecule has 7 heteroatoms. The van der Waals surface area contributed by atoms with E-state index < -0.39 is 11.1 Å². The number of esters is 1. The van der Waals surface area contributed by atoms with Crippen LogP contribution in [-0.2, 0) is 14.3 Å². The third-order valence-electron chi connectivity index (χ3n) is 3.98. The number of hydrogen-bond donors (Lipinski definition) is 1. The van der Waals surface area contributed by atoms with Crippen molar-refractivity contribution in [1.82, 2.24) is 0 Å². The summed E-state index contributed by atoms with van der Waals surface area (Å²) in [5.41, 5.74) is 0.0760. The second-order valence-corrected chi connectivity index (χ2v) is 8.16. The Morgan fingerprint density at radius 3 is 2.44 bits per heavy atom. The van der Waals surface area contributed by atoms with Gasteiger partial charge in [0.25, 0.3) is 0 Å². The maximum atomic E-state index is 14.3. The van der Waals surface area contributed by atoms with Gasteiger partial charge < -0.3 is 10.1 Å². The van der Waals surface area contributed by atoms with E-state index in [0.29, 0.717) is 17.9 Å². The fourth-order valence-electron chi connectivity index (χ4n) is 2.47. The molecule has 1 N–H and O–H groups in total. The summed E-state index contributed by atoms with van der Waals surface area (Å²) >= 11 is 7.42. The Bertz CT molecular complexity index is 642. The largest absolute Gasteiger partial charge is 0.465 e. The van der Waals surface area contributed by atoms with Crippen LogP contribution in [0.3, 0.4) is 0 Å². The molecule has 0 saturated heterocycles. The molecule has 1 aromatic carbocycles. The van der Waals surface area contributed by atoms with Gasteiger partial charge in [0.1, 0.15) is 11.1 Å². The van der Waals surface area contributed by atoms with E-state index in [1.165, 1.54) is 23.9 Å². The molecule has 1 aromatic rings. The van der Waals surface area contributed by atoms with Crippen molar-refractivity contribution in [1.29, 1.82) is 0 Å². The Kier molecular flexibility index (Phi) is 10.8. The van der Waals surface area contributed by atoms with Gasteiger partial charge in [0.05, 0.1) is 17.3 Å². The molecule has 0 aliphatic rings. The fraction of sp³-hybridized carbons (Fsp3) is 0.600. The van der Waals surface area contributed by atoms with E-state index in [0.717, 1.165) is 25.7 Å². The number of benzene rings is 1. The van der Waals surface area contributed by atoms with Crippen LogP contribution in [0.15, 0.2) is 17.0 Å². The van der Waals surface area contributed by atoms with Gasteiger partial charge in [0, 0.05) is 10.8 Å². The van der Waals surface area contributed by atoms with E-state index in [4.69, 9.17) is 16.3 Å². The molecule has 1 rings (SSSR count). The lowest BCUT2D eigenvalue weighted by molar-refractivity contribution is -0.143. The zero-order valence-electron chi connectivity index (χ0n) is 16.4. The number of anilines is 1. The lowest BCUT2D eigenvalue weighted by atomic mass is 10.1. The summed E-state index contributed by atoms with van der Waals surface area (Å²) in [6, 6.07) is 2.67. The summed E-state index contributed by atoms with van der Waals surface area (Å²) in [4.78, 5) is 25.0. The van der Waals surface area contributed by atoms with Crippen molar-refractivity contribution in [3.05, 3.63) is 23.0 Å². The Morgan fingerprint density at radius 1 is 1.19 bits per heavy atom. The summed E-state index contributed by atoms with van der Waals surface area (Å²) in [7, 11) is 0. The summed E-state index contributed by atoms with van der Waals surface area (Å²) in [6.07, 6.45) is 3.77. The van der Waals surface area contributed by atoms with Crippen LogP contribution in [0.25, 0.3) is 0 Å². The Balaban J connectivity index is 2.99. The zero-order valence-corrected chi connectivity index (χ0v) is 18.0. The molecule has 0 aromatic heterocycles. The lowest BCUT2D eigenvalue weighted by Crippen LogP contribution is -2.21. The molecule has 0 spiro atoms. The van der Waals surface area contributed by atoms with Gasteiger partial charge in [-0.1, -0.05) is 52.1 Å². The van der Waals surface area contributed by atoms with Gasteiger partial charge in [-0.05, 0) is 31.4 Å². The smallest absolute Gasteiger partial charge is 0.319 e. The van der Waals surface area contributed by atoms with Crippen LogP contribution in [0.5, 0.6) is 0 Å². The minimum absolute atomic E-state index is 0.0760. The van der Waals surface area contributed by atoms with Crippen molar-refractivity contribution >= 4 is 40.9 Å². The third-order valence-corrected chi connectivity index (χ3v) is 5.71.